The maximum absolute atomic E-state index is 5.51. The first-order chi connectivity index (χ1) is 6.85. The number of hydrogen-bond acceptors (Lipinski definition) is 5. The topological polar surface area (TPSA) is 78.8 Å². The van der Waals surface area contributed by atoms with E-state index in [-0.39, 0.29) is 0 Å². The molecule has 0 unspecified atom stereocenters. The summed E-state index contributed by atoms with van der Waals surface area (Å²) in [6.07, 6.45) is 2.36. The van der Waals surface area contributed by atoms with Crippen LogP contribution in [0.2, 0.25) is 0 Å². The maximum Gasteiger partial charge on any atom is 0.165 e. The second kappa shape index (κ2) is 4.02. The summed E-state index contributed by atoms with van der Waals surface area (Å²) < 4.78 is 7.28. The summed E-state index contributed by atoms with van der Waals surface area (Å²) in [5.41, 5.74) is 5.51. The number of nitrogens with zero attached hydrogens (tertiary/aromatic N) is 4. The number of nitrogens with two attached hydrogens (primary N) is 1. The number of tetrazole rings is 1. The summed E-state index contributed by atoms with van der Waals surface area (Å²) in [5.74, 6) is 0.755. The molecular formula is C8H15N5O. The quantitative estimate of drug-likeness (QED) is 0.727. The van der Waals surface area contributed by atoms with Gasteiger partial charge in [-0.05, 0) is 30.2 Å². The molecule has 1 heterocycles. The first kappa shape index (κ1) is 9.54. The predicted molar refractivity (Wildman–Crippen MR) is 49.4 cm³/mol. The van der Waals surface area contributed by atoms with Crippen LogP contribution in [-0.4, -0.2) is 32.9 Å². The second-order valence-corrected chi connectivity index (χ2v) is 3.45. The highest BCUT2D eigenvalue weighted by molar-refractivity contribution is 4.90. The van der Waals surface area contributed by atoms with E-state index in [0.29, 0.717) is 18.7 Å². The third-order valence-electron chi connectivity index (χ3n) is 2.56. The average Bonchev–Trinajstić information content (AvgIpc) is 2.58. The molecule has 2 rings (SSSR count). The van der Waals surface area contributed by atoms with E-state index in [1.165, 1.54) is 0 Å². The van der Waals surface area contributed by atoms with Crippen molar-refractivity contribution in [1.82, 2.24) is 20.2 Å². The van der Waals surface area contributed by atoms with Crippen LogP contribution in [0, 0.1) is 0 Å². The van der Waals surface area contributed by atoms with Crippen LogP contribution in [0.3, 0.4) is 0 Å². The van der Waals surface area contributed by atoms with Crippen LogP contribution in [-0.2, 0) is 11.3 Å². The molecule has 6 heteroatoms. The molecule has 1 aromatic rings. The summed E-state index contributed by atoms with van der Waals surface area (Å²) >= 11 is 0. The fraction of sp³-hybridized carbons (Fsp3) is 0.875. The molecule has 1 aliphatic rings. The van der Waals surface area contributed by atoms with E-state index in [1.54, 1.807) is 0 Å². The Labute approximate surface area is 82.4 Å². The second-order valence-electron chi connectivity index (χ2n) is 3.45. The first-order valence-electron chi connectivity index (χ1n) is 4.93. The minimum absolute atomic E-state index is 0.375. The Kier molecular flexibility index (Phi) is 2.74. The van der Waals surface area contributed by atoms with Crippen molar-refractivity contribution < 1.29 is 4.74 Å². The lowest BCUT2D eigenvalue weighted by Gasteiger charge is -2.34. The molecule has 0 bridgehead atoms. The van der Waals surface area contributed by atoms with Gasteiger partial charge < -0.3 is 10.5 Å². The van der Waals surface area contributed by atoms with Crippen molar-refractivity contribution in [3.8, 4) is 0 Å². The SMILES string of the molecule is CCOC1CC(n2nnnc2CN)C1. The number of aromatic nitrogens is 4. The zero-order valence-corrected chi connectivity index (χ0v) is 8.26. The molecular weight excluding hydrogens is 182 g/mol. The van der Waals surface area contributed by atoms with Gasteiger partial charge in [-0.3, -0.25) is 0 Å². The van der Waals surface area contributed by atoms with Gasteiger partial charge in [-0.15, -0.1) is 5.10 Å². The fourth-order valence-electron chi connectivity index (χ4n) is 1.74. The lowest BCUT2D eigenvalue weighted by Crippen LogP contribution is -2.35. The molecule has 0 atom stereocenters. The summed E-state index contributed by atoms with van der Waals surface area (Å²) in [7, 11) is 0. The van der Waals surface area contributed by atoms with Gasteiger partial charge in [0.2, 0.25) is 0 Å². The van der Waals surface area contributed by atoms with Gasteiger partial charge in [-0.25, -0.2) is 4.68 Å². The predicted octanol–water partition coefficient (Wildman–Crippen LogP) is -0.128. The Balaban J connectivity index is 1.92. The highest BCUT2D eigenvalue weighted by atomic mass is 16.5. The third kappa shape index (κ3) is 1.62. The Bertz CT molecular complexity index is 294. The van der Waals surface area contributed by atoms with Crippen LogP contribution >= 0.6 is 0 Å². The van der Waals surface area contributed by atoms with Crippen LogP contribution < -0.4 is 5.73 Å². The average molecular weight is 197 g/mol. The standard InChI is InChI=1S/C8H15N5O/c1-2-14-7-3-6(4-7)13-8(5-9)10-11-12-13/h6-7H,2-5,9H2,1H3. The van der Waals surface area contributed by atoms with E-state index in [0.717, 1.165) is 25.3 Å². The zero-order chi connectivity index (χ0) is 9.97. The van der Waals surface area contributed by atoms with Crippen molar-refractivity contribution in [2.45, 2.75) is 38.5 Å². The fourth-order valence-corrected chi connectivity index (χ4v) is 1.74. The minimum atomic E-state index is 0.375. The Morgan fingerprint density at radius 2 is 2.36 bits per heavy atom. The minimum Gasteiger partial charge on any atom is -0.378 e. The molecule has 0 aliphatic heterocycles. The number of rotatable bonds is 4. The van der Waals surface area contributed by atoms with Crippen LogP contribution in [0.25, 0.3) is 0 Å². The van der Waals surface area contributed by atoms with Gasteiger partial charge in [0.25, 0.3) is 0 Å². The van der Waals surface area contributed by atoms with Crippen LogP contribution in [0.1, 0.15) is 31.6 Å². The molecule has 0 aromatic carbocycles. The summed E-state index contributed by atoms with van der Waals surface area (Å²) in [4.78, 5) is 0. The van der Waals surface area contributed by atoms with Crippen molar-refractivity contribution >= 4 is 0 Å². The summed E-state index contributed by atoms with van der Waals surface area (Å²) in [6.45, 7) is 3.18. The maximum atomic E-state index is 5.51. The van der Waals surface area contributed by atoms with Gasteiger partial charge in [0.15, 0.2) is 5.82 Å². The van der Waals surface area contributed by atoms with Gasteiger partial charge in [0.05, 0.1) is 18.7 Å². The molecule has 0 spiro atoms. The van der Waals surface area contributed by atoms with Crippen LogP contribution in [0.5, 0.6) is 0 Å². The van der Waals surface area contributed by atoms with E-state index in [4.69, 9.17) is 10.5 Å². The lowest BCUT2D eigenvalue weighted by atomic mass is 9.89. The van der Waals surface area contributed by atoms with E-state index in [9.17, 15) is 0 Å². The Morgan fingerprint density at radius 1 is 1.57 bits per heavy atom. The molecule has 1 aromatic heterocycles. The van der Waals surface area contributed by atoms with Crippen molar-refractivity contribution in [2.75, 3.05) is 6.61 Å². The third-order valence-corrected chi connectivity index (χ3v) is 2.56. The Morgan fingerprint density at radius 3 is 3.00 bits per heavy atom. The molecule has 14 heavy (non-hydrogen) atoms. The van der Waals surface area contributed by atoms with Gasteiger partial charge in [-0.1, -0.05) is 0 Å². The normalized spacial score (nSPS) is 26.1. The van der Waals surface area contributed by atoms with E-state index in [2.05, 4.69) is 15.5 Å². The van der Waals surface area contributed by atoms with Gasteiger partial charge in [0, 0.05) is 6.61 Å². The smallest absolute Gasteiger partial charge is 0.165 e. The van der Waals surface area contributed by atoms with E-state index < -0.39 is 0 Å². The monoisotopic (exact) mass is 197 g/mol. The molecule has 0 saturated heterocycles. The van der Waals surface area contributed by atoms with Gasteiger partial charge in [0.1, 0.15) is 0 Å². The first-order valence-corrected chi connectivity index (χ1v) is 4.93. The molecule has 1 fully saturated rings. The Hall–Kier alpha value is -1.01. The molecule has 2 N–H and O–H groups in total. The van der Waals surface area contributed by atoms with Crippen molar-refractivity contribution in [3.63, 3.8) is 0 Å². The van der Waals surface area contributed by atoms with Gasteiger partial charge in [-0.2, -0.15) is 0 Å². The summed E-state index contributed by atoms with van der Waals surface area (Å²) in [5, 5.41) is 11.4. The number of hydrogen-bond donors (Lipinski definition) is 1. The zero-order valence-electron chi connectivity index (χ0n) is 8.26. The molecule has 0 amide bonds. The van der Waals surface area contributed by atoms with Crippen molar-refractivity contribution in [1.29, 1.82) is 0 Å². The molecule has 78 valence electrons. The largest absolute Gasteiger partial charge is 0.378 e. The van der Waals surface area contributed by atoms with Crippen molar-refractivity contribution in [3.05, 3.63) is 5.82 Å². The van der Waals surface area contributed by atoms with Crippen LogP contribution in [0.15, 0.2) is 0 Å². The van der Waals surface area contributed by atoms with E-state index in [1.807, 2.05) is 11.6 Å². The number of ether oxygens (including phenoxy) is 1. The molecule has 1 saturated carbocycles. The van der Waals surface area contributed by atoms with Gasteiger partial charge >= 0.3 is 0 Å². The van der Waals surface area contributed by atoms with Crippen molar-refractivity contribution in [2.24, 2.45) is 5.73 Å². The van der Waals surface area contributed by atoms with Crippen LogP contribution in [0.4, 0.5) is 0 Å². The molecule has 0 radical (unpaired) electrons. The summed E-state index contributed by atoms with van der Waals surface area (Å²) in [6, 6.07) is 0.375. The van der Waals surface area contributed by atoms with E-state index >= 15 is 0 Å². The molecule has 6 nitrogen and oxygen atoms in total. The highest BCUT2D eigenvalue weighted by Crippen LogP contribution is 2.34. The molecule has 1 aliphatic carbocycles. The highest BCUT2D eigenvalue weighted by Gasteiger charge is 2.33. The lowest BCUT2D eigenvalue weighted by molar-refractivity contribution is -0.0238.